The van der Waals surface area contributed by atoms with Crippen LogP contribution in [0, 0.1) is 6.92 Å². The molecule has 2 aromatic carbocycles. The highest BCUT2D eigenvalue weighted by atomic mass is 16.2. The van der Waals surface area contributed by atoms with Crippen LogP contribution in [0.4, 0.5) is 0 Å². The number of hydrogen-bond donors (Lipinski definition) is 1. The molecule has 1 aromatic heterocycles. The topological polar surface area (TPSA) is 56.4 Å². The Balaban J connectivity index is 1.70. The standard InChI is InChI=1S/C24H25N3O2/c1-3-12-26-14-21(28)27-20(24(26)29)13-18-17-6-4-5-7-19(17)25-22(18)23(27)16-10-8-15(2)9-11-16/h4-11,20,23,25H,3,12-14H2,1-2H3/t20-,23?/m0/s1. The van der Waals surface area contributed by atoms with Gasteiger partial charge in [0.2, 0.25) is 11.8 Å². The quantitative estimate of drug-likeness (QED) is 0.747. The Morgan fingerprint density at radius 1 is 1.07 bits per heavy atom. The van der Waals surface area contributed by atoms with Crippen molar-refractivity contribution in [3.63, 3.8) is 0 Å². The number of carbonyl (C=O) groups excluding carboxylic acids is 2. The zero-order chi connectivity index (χ0) is 20.1. The molecule has 1 fully saturated rings. The summed E-state index contributed by atoms with van der Waals surface area (Å²) in [5.74, 6) is 0.0948. The Labute approximate surface area is 170 Å². The molecule has 0 radical (unpaired) electrons. The van der Waals surface area contributed by atoms with E-state index in [1.54, 1.807) is 4.90 Å². The predicted octanol–water partition coefficient (Wildman–Crippen LogP) is 3.57. The molecule has 2 amide bonds. The summed E-state index contributed by atoms with van der Waals surface area (Å²) in [4.78, 5) is 33.7. The number of H-pyrrole nitrogens is 1. The van der Waals surface area contributed by atoms with E-state index in [1.165, 1.54) is 5.56 Å². The third-order valence-corrected chi connectivity index (χ3v) is 6.23. The third-order valence-electron chi connectivity index (χ3n) is 6.23. The van der Waals surface area contributed by atoms with Crippen molar-refractivity contribution in [2.24, 2.45) is 0 Å². The van der Waals surface area contributed by atoms with E-state index in [9.17, 15) is 9.59 Å². The molecule has 0 bridgehead atoms. The molecule has 2 aliphatic heterocycles. The number of carbonyl (C=O) groups is 2. The van der Waals surface area contributed by atoms with Gasteiger partial charge in [0, 0.05) is 29.6 Å². The van der Waals surface area contributed by atoms with Crippen LogP contribution in [0.2, 0.25) is 0 Å². The van der Waals surface area contributed by atoms with Gasteiger partial charge in [-0.15, -0.1) is 0 Å². The Bertz CT molecular complexity index is 1100. The van der Waals surface area contributed by atoms with E-state index < -0.39 is 6.04 Å². The van der Waals surface area contributed by atoms with Crippen molar-refractivity contribution in [2.45, 2.75) is 38.8 Å². The molecule has 29 heavy (non-hydrogen) atoms. The summed E-state index contributed by atoms with van der Waals surface area (Å²) in [5.41, 5.74) is 5.47. The normalized spacial score (nSPS) is 21.4. The highest BCUT2D eigenvalue weighted by Crippen LogP contribution is 2.42. The molecular formula is C24H25N3O2. The van der Waals surface area contributed by atoms with Crippen molar-refractivity contribution in [1.82, 2.24) is 14.8 Å². The molecule has 0 aliphatic carbocycles. The smallest absolute Gasteiger partial charge is 0.246 e. The van der Waals surface area contributed by atoms with E-state index in [0.29, 0.717) is 13.0 Å². The van der Waals surface area contributed by atoms with Crippen molar-refractivity contribution in [2.75, 3.05) is 13.1 Å². The maximum atomic E-state index is 13.3. The largest absolute Gasteiger partial charge is 0.356 e. The fourth-order valence-electron chi connectivity index (χ4n) is 4.88. The first-order valence-electron chi connectivity index (χ1n) is 10.3. The minimum absolute atomic E-state index is 0.0259. The van der Waals surface area contributed by atoms with Gasteiger partial charge in [-0.05, 0) is 30.5 Å². The van der Waals surface area contributed by atoms with E-state index in [0.717, 1.165) is 34.1 Å². The summed E-state index contributed by atoms with van der Waals surface area (Å²) in [6, 6.07) is 15.8. The van der Waals surface area contributed by atoms with Gasteiger partial charge in [0.25, 0.3) is 0 Å². The second-order valence-electron chi connectivity index (χ2n) is 8.16. The lowest BCUT2D eigenvalue weighted by Gasteiger charge is -2.47. The molecule has 0 saturated carbocycles. The van der Waals surface area contributed by atoms with Crippen molar-refractivity contribution in [1.29, 1.82) is 0 Å². The lowest BCUT2D eigenvalue weighted by Crippen LogP contribution is -2.63. The van der Waals surface area contributed by atoms with Gasteiger partial charge in [0.05, 0.1) is 12.6 Å². The van der Waals surface area contributed by atoms with Gasteiger partial charge in [-0.3, -0.25) is 9.59 Å². The number of aryl methyl sites for hydroxylation is 1. The number of aromatic nitrogens is 1. The number of nitrogens with one attached hydrogen (secondary N) is 1. The molecule has 5 rings (SSSR count). The molecule has 1 saturated heterocycles. The molecule has 5 heteroatoms. The average Bonchev–Trinajstić information content (AvgIpc) is 3.10. The maximum Gasteiger partial charge on any atom is 0.246 e. The lowest BCUT2D eigenvalue weighted by atomic mass is 9.86. The van der Waals surface area contributed by atoms with Gasteiger partial charge in [0.15, 0.2) is 0 Å². The number of piperazine rings is 1. The first kappa shape index (κ1) is 18.0. The van der Waals surface area contributed by atoms with Crippen LogP contribution in [0.5, 0.6) is 0 Å². The van der Waals surface area contributed by atoms with Crippen LogP contribution in [0.3, 0.4) is 0 Å². The van der Waals surface area contributed by atoms with Crippen molar-refractivity contribution >= 4 is 22.7 Å². The van der Waals surface area contributed by atoms with Crippen LogP contribution in [-0.2, 0) is 16.0 Å². The Kier molecular flexibility index (Phi) is 4.19. The predicted molar refractivity (Wildman–Crippen MR) is 113 cm³/mol. The summed E-state index contributed by atoms with van der Waals surface area (Å²) in [7, 11) is 0. The van der Waals surface area contributed by atoms with Gasteiger partial charge in [0.1, 0.15) is 6.04 Å². The van der Waals surface area contributed by atoms with E-state index >= 15 is 0 Å². The highest BCUT2D eigenvalue weighted by Gasteiger charge is 2.47. The molecule has 1 N–H and O–H groups in total. The average molecular weight is 387 g/mol. The molecule has 5 nitrogen and oxygen atoms in total. The van der Waals surface area contributed by atoms with Crippen LogP contribution in [0.15, 0.2) is 48.5 Å². The van der Waals surface area contributed by atoms with Gasteiger partial charge in [-0.1, -0.05) is 55.0 Å². The molecule has 0 spiro atoms. The third kappa shape index (κ3) is 2.76. The highest BCUT2D eigenvalue weighted by molar-refractivity contribution is 5.97. The second kappa shape index (κ2) is 6.76. The van der Waals surface area contributed by atoms with Gasteiger partial charge >= 0.3 is 0 Å². The summed E-state index contributed by atoms with van der Waals surface area (Å²) in [5, 5.41) is 1.15. The number of aromatic amines is 1. The van der Waals surface area contributed by atoms with Crippen LogP contribution >= 0.6 is 0 Å². The van der Waals surface area contributed by atoms with E-state index in [1.807, 2.05) is 24.0 Å². The molecule has 3 heterocycles. The Morgan fingerprint density at radius 2 is 1.83 bits per heavy atom. The van der Waals surface area contributed by atoms with Crippen molar-refractivity contribution < 1.29 is 9.59 Å². The number of amides is 2. The van der Waals surface area contributed by atoms with E-state index in [4.69, 9.17) is 0 Å². The minimum Gasteiger partial charge on any atom is -0.356 e. The molecule has 2 aliphatic rings. The van der Waals surface area contributed by atoms with Crippen LogP contribution in [-0.4, -0.2) is 45.7 Å². The number of fused-ring (bicyclic) bond motifs is 4. The summed E-state index contributed by atoms with van der Waals surface area (Å²) in [6.07, 6.45) is 1.41. The fraction of sp³-hybridized carbons (Fsp3) is 0.333. The number of hydrogen-bond acceptors (Lipinski definition) is 2. The van der Waals surface area contributed by atoms with Crippen molar-refractivity contribution in [3.8, 4) is 0 Å². The van der Waals surface area contributed by atoms with Crippen LogP contribution in [0.25, 0.3) is 10.9 Å². The molecule has 2 atom stereocenters. The first-order chi connectivity index (χ1) is 14.1. The number of nitrogens with zero attached hydrogens (tertiary/aromatic N) is 2. The number of rotatable bonds is 3. The van der Waals surface area contributed by atoms with Gasteiger partial charge in [-0.2, -0.15) is 0 Å². The monoisotopic (exact) mass is 387 g/mol. The summed E-state index contributed by atoms with van der Waals surface area (Å²) in [6.45, 7) is 4.89. The minimum atomic E-state index is -0.444. The first-order valence-corrected chi connectivity index (χ1v) is 10.3. The number of benzene rings is 2. The van der Waals surface area contributed by atoms with Crippen LogP contribution < -0.4 is 0 Å². The lowest BCUT2D eigenvalue weighted by molar-refractivity contribution is -0.158. The zero-order valence-electron chi connectivity index (χ0n) is 16.8. The van der Waals surface area contributed by atoms with E-state index in [2.05, 4.69) is 48.3 Å². The molecule has 1 unspecified atom stereocenters. The fourth-order valence-corrected chi connectivity index (χ4v) is 4.88. The SMILES string of the molecule is CCCN1CC(=O)N2C(c3ccc(C)cc3)c3[nH]c4ccccc4c3C[C@H]2C1=O. The summed E-state index contributed by atoms with van der Waals surface area (Å²) < 4.78 is 0. The Hall–Kier alpha value is -3.08. The van der Waals surface area contributed by atoms with E-state index in [-0.39, 0.29) is 24.4 Å². The Morgan fingerprint density at radius 3 is 2.59 bits per heavy atom. The maximum absolute atomic E-state index is 13.3. The second-order valence-corrected chi connectivity index (χ2v) is 8.16. The van der Waals surface area contributed by atoms with Crippen molar-refractivity contribution in [3.05, 3.63) is 70.9 Å². The van der Waals surface area contributed by atoms with Gasteiger partial charge in [-0.25, -0.2) is 0 Å². The van der Waals surface area contributed by atoms with Crippen LogP contribution in [0.1, 0.15) is 41.8 Å². The molecule has 3 aromatic rings. The molecule has 148 valence electrons. The van der Waals surface area contributed by atoms with Gasteiger partial charge < -0.3 is 14.8 Å². The number of para-hydroxylation sites is 1. The molecular weight excluding hydrogens is 362 g/mol. The zero-order valence-corrected chi connectivity index (χ0v) is 16.8. The summed E-state index contributed by atoms with van der Waals surface area (Å²) >= 11 is 0.